The van der Waals surface area contributed by atoms with Crippen LogP contribution in [0, 0.1) is 9.39 Å². The van der Waals surface area contributed by atoms with Gasteiger partial charge in [0.1, 0.15) is 17.7 Å². The Labute approximate surface area is 193 Å². The van der Waals surface area contributed by atoms with Crippen LogP contribution in [0.4, 0.5) is 15.8 Å². The minimum Gasteiger partial charge on any atom is -0.496 e. The van der Waals surface area contributed by atoms with Crippen molar-refractivity contribution >= 4 is 39.9 Å². The van der Waals surface area contributed by atoms with Crippen LogP contribution in [0.15, 0.2) is 54.6 Å². The van der Waals surface area contributed by atoms with E-state index in [-0.39, 0.29) is 5.91 Å². The van der Waals surface area contributed by atoms with Crippen LogP contribution in [0.3, 0.4) is 0 Å². The van der Waals surface area contributed by atoms with Crippen LogP contribution in [-0.4, -0.2) is 27.2 Å². The van der Waals surface area contributed by atoms with E-state index in [1.807, 2.05) is 12.1 Å². The van der Waals surface area contributed by atoms with Gasteiger partial charge in [0, 0.05) is 26.6 Å². The predicted molar refractivity (Wildman–Crippen MR) is 125 cm³/mol. The number of methoxy groups -OCH3 is 3. The number of amides is 1. The Morgan fingerprint density at radius 2 is 1.65 bits per heavy atom. The second kappa shape index (κ2) is 8.62. The molecule has 0 aliphatic carbocycles. The summed E-state index contributed by atoms with van der Waals surface area (Å²) in [6.07, 6.45) is -0.670. The van der Waals surface area contributed by atoms with Gasteiger partial charge >= 0.3 is 0 Å². The zero-order chi connectivity index (χ0) is 22.1. The smallest absolute Gasteiger partial charge is 0.262 e. The number of carbonyl (C=O) groups excluding carboxylic acids is 1. The van der Waals surface area contributed by atoms with Crippen LogP contribution in [0.25, 0.3) is 0 Å². The fourth-order valence-corrected chi connectivity index (χ4v) is 4.14. The Hall–Kier alpha value is -3.01. The molecule has 1 aliphatic rings. The van der Waals surface area contributed by atoms with E-state index in [1.54, 1.807) is 30.3 Å². The summed E-state index contributed by atoms with van der Waals surface area (Å²) in [6.45, 7) is 0. The molecule has 31 heavy (non-hydrogen) atoms. The van der Waals surface area contributed by atoms with Crippen LogP contribution in [-0.2, 0) is 0 Å². The van der Waals surface area contributed by atoms with E-state index in [2.05, 4.69) is 27.9 Å². The van der Waals surface area contributed by atoms with Crippen molar-refractivity contribution in [2.75, 3.05) is 31.5 Å². The first-order valence-corrected chi connectivity index (χ1v) is 10.5. The van der Waals surface area contributed by atoms with Gasteiger partial charge in [-0.05, 0) is 65.1 Å². The molecule has 1 N–H and O–H groups in total. The number of halogens is 2. The molecule has 8 heteroatoms. The molecule has 0 fully saturated rings. The topological polar surface area (TPSA) is 60.0 Å². The molecule has 0 spiro atoms. The number of benzene rings is 3. The molecule has 1 amide bonds. The Morgan fingerprint density at radius 1 is 0.935 bits per heavy atom. The minimum atomic E-state index is -0.670. The molecule has 3 aromatic carbocycles. The SMILES string of the molecule is COc1cc(OC)c([C@@H]2Nc3ccc(I)cc3C(=O)N2c2cccc(F)c2)cc1OC. The van der Waals surface area contributed by atoms with E-state index in [0.29, 0.717) is 39.8 Å². The number of ether oxygens (including phenoxy) is 3. The Bertz CT molecular complexity index is 1150. The quantitative estimate of drug-likeness (QED) is 0.455. The van der Waals surface area contributed by atoms with Crippen molar-refractivity contribution < 1.29 is 23.4 Å². The number of nitrogens with zero attached hydrogens (tertiary/aromatic N) is 1. The van der Waals surface area contributed by atoms with Gasteiger partial charge in [-0.1, -0.05) is 6.07 Å². The van der Waals surface area contributed by atoms with Gasteiger partial charge < -0.3 is 19.5 Å². The summed E-state index contributed by atoms with van der Waals surface area (Å²) < 4.78 is 31.5. The number of nitrogens with one attached hydrogen (secondary N) is 1. The maximum atomic E-state index is 14.1. The van der Waals surface area contributed by atoms with Crippen LogP contribution in [0.2, 0.25) is 0 Å². The van der Waals surface area contributed by atoms with Gasteiger partial charge in [0.15, 0.2) is 11.5 Å². The van der Waals surface area contributed by atoms with Gasteiger partial charge in [-0.2, -0.15) is 0 Å². The van der Waals surface area contributed by atoms with E-state index in [9.17, 15) is 9.18 Å². The van der Waals surface area contributed by atoms with Gasteiger partial charge in [0.2, 0.25) is 0 Å². The first-order chi connectivity index (χ1) is 15.0. The minimum absolute atomic E-state index is 0.250. The zero-order valence-corrected chi connectivity index (χ0v) is 19.3. The summed E-state index contributed by atoms with van der Waals surface area (Å²) in [4.78, 5) is 15.1. The highest BCUT2D eigenvalue weighted by Crippen LogP contribution is 2.43. The van der Waals surface area contributed by atoms with Gasteiger partial charge in [0.25, 0.3) is 5.91 Å². The van der Waals surface area contributed by atoms with Crippen molar-refractivity contribution in [1.82, 2.24) is 0 Å². The highest BCUT2D eigenvalue weighted by atomic mass is 127. The van der Waals surface area contributed by atoms with Crippen molar-refractivity contribution in [3.63, 3.8) is 0 Å². The molecule has 0 saturated carbocycles. The van der Waals surface area contributed by atoms with Gasteiger partial charge in [-0.15, -0.1) is 0 Å². The molecule has 1 atom stereocenters. The molecule has 4 rings (SSSR count). The van der Waals surface area contributed by atoms with Crippen molar-refractivity contribution in [3.8, 4) is 17.2 Å². The second-order valence-corrected chi connectivity index (χ2v) is 8.09. The lowest BCUT2D eigenvalue weighted by atomic mass is 10.0. The van der Waals surface area contributed by atoms with Gasteiger partial charge in [-0.25, -0.2) is 4.39 Å². The molecule has 1 aliphatic heterocycles. The lowest BCUT2D eigenvalue weighted by Crippen LogP contribution is -2.43. The summed E-state index contributed by atoms with van der Waals surface area (Å²) in [5.74, 6) is 0.799. The van der Waals surface area contributed by atoms with E-state index in [1.165, 1.54) is 38.4 Å². The fourth-order valence-electron chi connectivity index (χ4n) is 3.65. The molecule has 1 heterocycles. The predicted octanol–water partition coefficient (Wildman–Crippen LogP) is 5.23. The number of carbonyl (C=O) groups is 1. The first-order valence-electron chi connectivity index (χ1n) is 9.42. The summed E-state index contributed by atoms with van der Waals surface area (Å²) in [5.41, 5.74) is 2.25. The standard InChI is InChI=1S/C23H20FIN2O4/c1-29-19-12-21(31-3)20(30-2)11-17(19)22-26-18-8-7-14(25)10-16(18)23(28)27(22)15-6-4-5-13(24)9-15/h4-12,22,26H,1-3H3/t22-/m1/s1. The average Bonchev–Trinajstić information content (AvgIpc) is 2.78. The summed E-state index contributed by atoms with van der Waals surface area (Å²) in [5, 5.41) is 3.41. The van der Waals surface area contributed by atoms with Crippen LogP contribution >= 0.6 is 22.6 Å². The third-order valence-corrected chi connectivity index (χ3v) is 5.77. The van der Waals surface area contributed by atoms with Crippen LogP contribution in [0.1, 0.15) is 22.1 Å². The molecular formula is C23H20FIN2O4. The molecule has 0 bridgehead atoms. The number of fused-ring (bicyclic) bond motifs is 1. The van der Waals surface area contributed by atoms with Gasteiger partial charge in [0.05, 0.1) is 26.9 Å². The third kappa shape index (κ3) is 3.87. The molecule has 0 saturated heterocycles. The maximum Gasteiger partial charge on any atom is 0.262 e. The van der Waals surface area contributed by atoms with E-state index in [4.69, 9.17) is 14.2 Å². The van der Waals surface area contributed by atoms with Crippen molar-refractivity contribution in [2.45, 2.75) is 6.17 Å². The lowest BCUT2D eigenvalue weighted by Gasteiger charge is -2.38. The lowest BCUT2D eigenvalue weighted by molar-refractivity contribution is 0.0974. The number of rotatable bonds is 5. The highest BCUT2D eigenvalue weighted by Gasteiger charge is 2.36. The molecule has 160 valence electrons. The Morgan fingerprint density at radius 3 is 2.32 bits per heavy atom. The Kier molecular flexibility index (Phi) is 5.90. The first kappa shape index (κ1) is 21.2. The second-order valence-electron chi connectivity index (χ2n) is 6.84. The molecule has 3 aromatic rings. The normalized spacial score (nSPS) is 15.2. The molecular weight excluding hydrogens is 514 g/mol. The van der Waals surface area contributed by atoms with Crippen molar-refractivity contribution in [2.24, 2.45) is 0 Å². The molecule has 0 radical (unpaired) electrons. The third-order valence-electron chi connectivity index (χ3n) is 5.10. The number of hydrogen-bond acceptors (Lipinski definition) is 5. The largest absolute Gasteiger partial charge is 0.496 e. The summed E-state index contributed by atoms with van der Waals surface area (Å²) >= 11 is 2.16. The summed E-state index contributed by atoms with van der Waals surface area (Å²) in [6, 6.07) is 15.0. The average molecular weight is 534 g/mol. The van der Waals surface area contributed by atoms with Crippen LogP contribution in [0.5, 0.6) is 17.2 Å². The molecule has 0 aromatic heterocycles. The highest BCUT2D eigenvalue weighted by molar-refractivity contribution is 14.1. The van der Waals surface area contributed by atoms with Crippen molar-refractivity contribution in [1.29, 1.82) is 0 Å². The van der Waals surface area contributed by atoms with Gasteiger partial charge in [-0.3, -0.25) is 9.69 Å². The van der Waals surface area contributed by atoms with Crippen molar-refractivity contribution in [3.05, 3.63) is 75.1 Å². The zero-order valence-electron chi connectivity index (χ0n) is 17.1. The Balaban J connectivity index is 1.94. The van der Waals surface area contributed by atoms with E-state index < -0.39 is 12.0 Å². The monoisotopic (exact) mass is 534 g/mol. The van der Waals surface area contributed by atoms with Crippen LogP contribution < -0.4 is 24.4 Å². The summed E-state index contributed by atoms with van der Waals surface area (Å²) in [7, 11) is 4.61. The fraction of sp³-hybridized carbons (Fsp3) is 0.174. The number of hydrogen-bond donors (Lipinski definition) is 1. The number of anilines is 2. The van der Waals surface area contributed by atoms with E-state index >= 15 is 0 Å². The maximum absolute atomic E-state index is 14.1. The molecule has 6 nitrogen and oxygen atoms in total. The molecule has 0 unspecified atom stereocenters. The van der Waals surface area contributed by atoms with E-state index in [0.717, 1.165) is 3.57 Å².